The highest BCUT2D eigenvalue weighted by molar-refractivity contribution is 6.30. The number of H-pyrrole nitrogens is 1. The fourth-order valence-electron chi connectivity index (χ4n) is 3.35. The van der Waals surface area contributed by atoms with Gasteiger partial charge in [0.05, 0.1) is 0 Å². The summed E-state index contributed by atoms with van der Waals surface area (Å²) < 4.78 is 42.9. The average molecular weight is 468 g/mol. The average Bonchev–Trinajstić information content (AvgIpc) is 3.12. The van der Waals surface area contributed by atoms with E-state index in [1.807, 2.05) is 6.92 Å². The van der Waals surface area contributed by atoms with E-state index in [0.717, 1.165) is 16.5 Å². The monoisotopic (exact) mass is 467 g/mol. The zero-order valence-corrected chi connectivity index (χ0v) is 17.8. The van der Waals surface area contributed by atoms with Crippen molar-refractivity contribution in [2.24, 2.45) is 5.73 Å². The van der Waals surface area contributed by atoms with Gasteiger partial charge in [-0.1, -0.05) is 29.8 Å². The van der Waals surface area contributed by atoms with Gasteiger partial charge in [-0.05, 0) is 48.7 Å². The largest absolute Gasteiger partial charge is 0.490 e. The third-order valence-electron chi connectivity index (χ3n) is 4.93. The van der Waals surface area contributed by atoms with Crippen LogP contribution in [0, 0.1) is 0 Å². The lowest BCUT2D eigenvalue weighted by atomic mass is 10.0. The Morgan fingerprint density at radius 2 is 1.97 bits per heavy atom. The fraction of sp³-hybridized carbons (Fsp3) is 0.273. The molecule has 1 aromatic heterocycles. The molecule has 170 valence electrons. The van der Waals surface area contributed by atoms with Gasteiger partial charge in [-0.15, -0.1) is 0 Å². The minimum Gasteiger partial charge on any atom is -0.449 e. The molecular formula is C22H21ClF3N3O3. The first-order valence-electron chi connectivity index (χ1n) is 9.71. The van der Waals surface area contributed by atoms with Crippen molar-refractivity contribution in [3.8, 4) is 0 Å². The zero-order chi connectivity index (χ0) is 23.5. The van der Waals surface area contributed by atoms with Gasteiger partial charge in [0.25, 0.3) is 0 Å². The molecule has 0 saturated heterocycles. The zero-order valence-electron chi connectivity index (χ0n) is 17.0. The van der Waals surface area contributed by atoms with E-state index in [9.17, 15) is 22.8 Å². The molecule has 0 aliphatic heterocycles. The topological polar surface area (TPSA) is 97.2 Å². The molecule has 2 atom stereocenters. The van der Waals surface area contributed by atoms with E-state index in [1.165, 1.54) is 6.07 Å². The van der Waals surface area contributed by atoms with Crippen LogP contribution in [0.5, 0.6) is 0 Å². The summed E-state index contributed by atoms with van der Waals surface area (Å²) >= 11 is 5.94. The molecule has 2 aromatic carbocycles. The number of ether oxygens (including phenoxy) is 1. The van der Waals surface area contributed by atoms with Crippen molar-refractivity contribution in [3.63, 3.8) is 0 Å². The van der Waals surface area contributed by atoms with E-state index in [0.29, 0.717) is 22.6 Å². The van der Waals surface area contributed by atoms with Crippen molar-refractivity contribution in [1.82, 2.24) is 10.3 Å². The predicted octanol–water partition coefficient (Wildman–Crippen LogP) is 4.29. The molecule has 4 N–H and O–H groups in total. The van der Waals surface area contributed by atoms with Crippen LogP contribution >= 0.6 is 11.6 Å². The molecule has 0 aliphatic rings. The van der Waals surface area contributed by atoms with E-state index in [-0.39, 0.29) is 12.6 Å². The number of rotatable bonds is 8. The minimum atomic E-state index is -5.10. The Labute approximate surface area is 186 Å². The lowest BCUT2D eigenvalue weighted by Gasteiger charge is -2.22. The van der Waals surface area contributed by atoms with Gasteiger partial charge in [0.2, 0.25) is 5.91 Å². The Morgan fingerprint density at radius 3 is 2.62 bits per heavy atom. The Morgan fingerprint density at radius 1 is 1.22 bits per heavy atom. The molecule has 32 heavy (non-hydrogen) atoms. The van der Waals surface area contributed by atoms with Gasteiger partial charge in [0.15, 0.2) is 0 Å². The molecule has 0 aliphatic carbocycles. The summed E-state index contributed by atoms with van der Waals surface area (Å²) in [5.41, 5.74) is 7.73. The summed E-state index contributed by atoms with van der Waals surface area (Å²) in [5.74, 6) is -2.79. The first kappa shape index (κ1) is 23.6. The van der Waals surface area contributed by atoms with E-state index >= 15 is 0 Å². The number of benzene rings is 2. The smallest absolute Gasteiger partial charge is 0.449 e. The number of hydrogen-bond acceptors (Lipinski definition) is 4. The Bertz CT molecular complexity index is 1130. The molecule has 0 unspecified atom stereocenters. The molecule has 0 spiro atoms. The van der Waals surface area contributed by atoms with Crippen molar-refractivity contribution in [2.45, 2.75) is 31.7 Å². The van der Waals surface area contributed by atoms with Crippen LogP contribution in [0.25, 0.3) is 10.9 Å². The van der Waals surface area contributed by atoms with Crippen LogP contribution in [0.15, 0.2) is 48.7 Å². The lowest BCUT2D eigenvalue weighted by Crippen LogP contribution is -2.35. The third kappa shape index (κ3) is 5.80. The number of nitrogens with two attached hydrogens (primary N) is 1. The number of amides is 1. The molecule has 3 aromatic rings. The van der Waals surface area contributed by atoms with Crippen molar-refractivity contribution in [2.75, 3.05) is 6.54 Å². The molecule has 10 heteroatoms. The number of halogens is 4. The summed E-state index contributed by atoms with van der Waals surface area (Å²) in [5, 5.41) is 4.33. The van der Waals surface area contributed by atoms with Gasteiger partial charge >= 0.3 is 12.1 Å². The molecular weight excluding hydrogens is 447 g/mol. The summed E-state index contributed by atoms with van der Waals surface area (Å²) in [7, 11) is 0. The summed E-state index contributed by atoms with van der Waals surface area (Å²) in [4.78, 5) is 25.8. The van der Waals surface area contributed by atoms with Crippen molar-refractivity contribution in [1.29, 1.82) is 0 Å². The van der Waals surface area contributed by atoms with Crippen molar-refractivity contribution in [3.05, 3.63) is 70.4 Å². The number of alkyl halides is 3. The second kappa shape index (κ2) is 9.62. The predicted molar refractivity (Wildman–Crippen MR) is 114 cm³/mol. The highest BCUT2D eigenvalue weighted by Crippen LogP contribution is 2.26. The van der Waals surface area contributed by atoms with Crippen LogP contribution in [-0.4, -0.2) is 35.6 Å². The van der Waals surface area contributed by atoms with Crippen LogP contribution in [0.2, 0.25) is 5.02 Å². The number of esters is 1. The number of aromatic amines is 1. The van der Waals surface area contributed by atoms with E-state index in [1.54, 1.807) is 42.6 Å². The molecule has 0 radical (unpaired) electrons. The van der Waals surface area contributed by atoms with Gasteiger partial charge in [-0.25, -0.2) is 4.79 Å². The van der Waals surface area contributed by atoms with Crippen molar-refractivity contribution < 1.29 is 27.5 Å². The number of primary amides is 1. The first-order chi connectivity index (χ1) is 15.0. The highest BCUT2D eigenvalue weighted by Gasteiger charge is 2.42. The second-order valence-electron chi connectivity index (χ2n) is 7.40. The summed E-state index contributed by atoms with van der Waals surface area (Å²) in [6.45, 7) is 1.81. The SMILES string of the molecule is C[C@H](Cc1c[nH]c2cc(C(N)=O)ccc12)NC[C@H](OC(=O)C(F)(F)F)c1cccc(Cl)c1. The highest BCUT2D eigenvalue weighted by atomic mass is 35.5. The molecule has 0 saturated carbocycles. The van der Waals surface area contributed by atoms with Gasteiger partial charge in [-0.2, -0.15) is 13.2 Å². The third-order valence-corrected chi connectivity index (χ3v) is 5.17. The van der Waals surface area contributed by atoms with Crippen LogP contribution in [0.4, 0.5) is 13.2 Å². The number of aromatic nitrogens is 1. The Hall–Kier alpha value is -3.04. The van der Waals surface area contributed by atoms with Gasteiger partial charge in [-0.3, -0.25) is 4.79 Å². The van der Waals surface area contributed by atoms with Gasteiger partial charge < -0.3 is 20.8 Å². The van der Waals surface area contributed by atoms with Crippen LogP contribution in [0.1, 0.15) is 34.5 Å². The molecule has 3 rings (SSSR count). The maximum Gasteiger partial charge on any atom is 0.490 e. The molecule has 1 heterocycles. The molecule has 0 bridgehead atoms. The van der Waals surface area contributed by atoms with Crippen LogP contribution < -0.4 is 11.1 Å². The fourth-order valence-corrected chi connectivity index (χ4v) is 3.55. The van der Waals surface area contributed by atoms with Gasteiger partial charge in [0, 0.05) is 40.3 Å². The molecule has 6 nitrogen and oxygen atoms in total. The number of carbonyl (C=O) groups is 2. The molecule has 1 amide bonds. The van der Waals surface area contributed by atoms with E-state index < -0.39 is 24.2 Å². The normalized spacial score (nSPS) is 13.7. The Kier molecular flexibility index (Phi) is 7.10. The van der Waals surface area contributed by atoms with Gasteiger partial charge in [0.1, 0.15) is 6.10 Å². The second-order valence-corrected chi connectivity index (χ2v) is 7.84. The number of carbonyl (C=O) groups excluding carboxylic acids is 2. The van der Waals surface area contributed by atoms with Crippen LogP contribution in [0.3, 0.4) is 0 Å². The summed E-state index contributed by atoms with van der Waals surface area (Å²) in [6, 6.07) is 11.0. The van der Waals surface area contributed by atoms with E-state index in [4.69, 9.17) is 22.1 Å². The quantitative estimate of drug-likeness (QED) is 0.430. The van der Waals surface area contributed by atoms with Crippen LogP contribution in [-0.2, 0) is 16.0 Å². The summed E-state index contributed by atoms with van der Waals surface area (Å²) in [6.07, 6.45) is -3.95. The maximum atomic E-state index is 12.7. The maximum absolute atomic E-state index is 12.7. The lowest BCUT2D eigenvalue weighted by molar-refractivity contribution is -0.205. The standard InChI is InChI=1S/C22H21ClF3N3O3/c1-12(7-15-10-29-18-9-14(20(27)30)5-6-17(15)18)28-11-19(32-21(31)22(24,25)26)13-3-2-4-16(23)8-13/h2-6,8-10,12,19,28-29H,7,11H2,1H3,(H2,27,30)/t12-,19+/m1/s1. The number of fused-ring (bicyclic) bond motifs is 1. The first-order valence-corrected chi connectivity index (χ1v) is 10.1. The minimum absolute atomic E-state index is 0.0441. The Balaban J connectivity index is 1.70. The van der Waals surface area contributed by atoms with Crippen molar-refractivity contribution >= 4 is 34.4 Å². The number of hydrogen-bond donors (Lipinski definition) is 3. The molecule has 0 fully saturated rings. The number of nitrogens with one attached hydrogen (secondary N) is 2. The van der Waals surface area contributed by atoms with E-state index in [2.05, 4.69) is 10.3 Å².